The van der Waals surface area contributed by atoms with Gasteiger partial charge in [0.1, 0.15) is 6.10 Å². The van der Waals surface area contributed by atoms with Crippen LogP contribution in [-0.2, 0) is 9.47 Å². The van der Waals surface area contributed by atoms with Gasteiger partial charge < -0.3 is 9.47 Å². The van der Waals surface area contributed by atoms with Gasteiger partial charge in [-0.05, 0) is 32.6 Å². The minimum absolute atomic E-state index is 0.0850. The van der Waals surface area contributed by atoms with Crippen LogP contribution in [0.15, 0.2) is 0 Å². The first-order valence-electron chi connectivity index (χ1n) is 4.89. The van der Waals surface area contributed by atoms with Crippen LogP contribution in [0.4, 0.5) is 0 Å². The lowest BCUT2D eigenvalue weighted by Crippen LogP contribution is -2.31. The van der Waals surface area contributed by atoms with Gasteiger partial charge in [0.15, 0.2) is 0 Å². The molecular weight excluding hydrogens is 152 g/mol. The standard InChI is InChI=1S/C10H18O2/c1-7-4-5-11-8(6-7)9-10(2,3)12-9/h7-9H,4-6H2,1-3H3/t7-,8?,9?/m0/s1. The molecule has 2 heterocycles. The first-order chi connectivity index (χ1) is 5.59. The molecule has 0 aromatic carbocycles. The highest BCUT2D eigenvalue weighted by Crippen LogP contribution is 2.42. The molecule has 2 saturated heterocycles. The van der Waals surface area contributed by atoms with E-state index in [1.54, 1.807) is 0 Å². The molecule has 0 aliphatic carbocycles. The molecule has 0 spiro atoms. The van der Waals surface area contributed by atoms with E-state index in [2.05, 4.69) is 20.8 Å². The van der Waals surface area contributed by atoms with Gasteiger partial charge in [-0.25, -0.2) is 0 Å². The lowest BCUT2D eigenvalue weighted by atomic mass is 9.93. The highest BCUT2D eigenvalue weighted by Gasteiger charge is 2.53. The van der Waals surface area contributed by atoms with Crippen molar-refractivity contribution in [2.24, 2.45) is 5.92 Å². The average molecular weight is 170 g/mol. The third-order valence-corrected chi connectivity index (χ3v) is 2.97. The maximum Gasteiger partial charge on any atom is 0.113 e. The highest BCUT2D eigenvalue weighted by molar-refractivity contribution is 5.00. The zero-order chi connectivity index (χ0) is 8.77. The number of epoxide rings is 1. The van der Waals surface area contributed by atoms with Crippen molar-refractivity contribution in [3.63, 3.8) is 0 Å². The van der Waals surface area contributed by atoms with Gasteiger partial charge in [0.2, 0.25) is 0 Å². The molecule has 0 aromatic heterocycles. The average Bonchev–Trinajstić information content (AvgIpc) is 2.60. The van der Waals surface area contributed by atoms with E-state index in [4.69, 9.17) is 9.47 Å². The quantitative estimate of drug-likeness (QED) is 0.561. The molecule has 2 unspecified atom stereocenters. The first-order valence-corrected chi connectivity index (χ1v) is 4.89. The zero-order valence-electron chi connectivity index (χ0n) is 8.17. The van der Waals surface area contributed by atoms with Crippen LogP contribution in [0.1, 0.15) is 33.6 Å². The zero-order valence-corrected chi connectivity index (χ0v) is 8.17. The molecule has 0 N–H and O–H groups in total. The van der Waals surface area contributed by atoms with Crippen molar-refractivity contribution in [2.45, 2.75) is 51.4 Å². The van der Waals surface area contributed by atoms with E-state index in [9.17, 15) is 0 Å². The molecule has 12 heavy (non-hydrogen) atoms. The molecule has 0 bridgehead atoms. The molecular formula is C10H18O2. The highest BCUT2D eigenvalue weighted by atomic mass is 16.6. The molecule has 2 heteroatoms. The fourth-order valence-electron chi connectivity index (χ4n) is 2.03. The van der Waals surface area contributed by atoms with E-state index in [1.807, 2.05) is 0 Å². The van der Waals surface area contributed by atoms with Gasteiger partial charge in [-0.15, -0.1) is 0 Å². The predicted molar refractivity (Wildman–Crippen MR) is 47.1 cm³/mol. The number of hydrogen-bond acceptors (Lipinski definition) is 2. The maximum atomic E-state index is 5.68. The Hall–Kier alpha value is -0.0800. The van der Waals surface area contributed by atoms with Crippen LogP contribution in [0.2, 0.25) is 0 Å². The molecule has 2 aliphatic rings. The van der Waals surface area contributed by atoms with Crippen molar-refractivity contribution in [2.75, 3.05) is 6.61 Å². The van der Waals surface area contributed by atoms with Gasteiger partial charge in [0.25, 0.3) is 0 Å². The second kappa shape index (κ2) is 2.71. The normalized spacial score (nSPS) is 45.8. The Morgan fingerprint density at radius 1 is 1.33 bits per heavy atom. The monoisotopic (exact) mass is 170 g/mol. The fourth-order valence-corrected chi connectivity index (χ4v) is 2.03. The van der Waals surface area contributed by atoms with Crippen molar-refractivity contribution in [3.8, 4) is 0 Å². The molecule has 2 nitrogen and oxygen atoms in total. The number of ether oxygens (including phenoxy) is 2. The van der Waals surface area contributed by atoms with Crippen molar-refractivity contribution in [1.29, 1.82) is 0 Å². The molecule has 0 radical (unpaired) electrons. The third-order valence-electron chi connectivity index (χ3n) is 2.97. The molecule has 2 rings (SSSR count). The van der Waals surface area contributed by atoms with Crippen LogP contribution in [0.25, 0.3) is 0 Å². The number of rotatable bonds is 1. The summed E-state index contributed by atoms with van der Waals surface area (Å²) in [6.07, 6.45) is 3.11. The summed E-state index contributed by atoms with van der Waals surface area (Å²) in [7, 11) is 0. The molecule has 70 valence electrons. The van der Waals surface area contributed by atoms with Gasteiger partial charge in [-0.2, -0.15) is 0 Å². The van der Waals surface area contributed by atoms with Crippen molar-refractivity contribution >= 4 is 0 Å². The first kappa shape index (κ1) is 8.52. The molecule has 2 fully saturated rings. The maximum absolute atomic E-state index is 5.68. The van der Waals surface area contributed by atoms with Gasteiger partial charge in [0.05, 0.1) is 11.7 Å². The lowest BCUT2D eigenvalue weighted by molar-refractivity contribution is -0.0199. The molecule has 0 saturated carbocycles. The van der Waals surface area contributed by atoms with E-state index >= 15 is 0 Å². The fraction of sp³-hybridized carbons (Fsp3) is 1.00. The van der Waals surface area contributed by atoms with Crippen LogP contribution in [0.3, 0.4) is 0 Å². The van der Waals surface area contributed by atoms with Gasteiger partial charge in [0, 0.05) is 6.61 Å². The van der Waals surface area contributed by atoms with Crippen molar-refractivity contribution < 1.29 is 9.47 Å². The summed E-state index contributed by atoms with van der Waals surface area (Å²) in [5.41, 5.74) is 0.0850. The molecule has 3 atom stereocenters. The Labute approximate surface area is 74.2 Å². The predicted octanol–water partition coefficient (Wildman–Crippen LogP) is 1.98. The lowest BCUT2D eigenvalue weighted by Gasteiger charge is -2.26. The van der Waals surface area contributed by atoms with E-state index < -0.39 is 0 Å². The van der Waals surface area contributed by atoms with E-state index in [0.717, 1.165) is 12.5 Å². The smallest absolute Gasteiger partial charge is 0.113 e. The Kier molecular flexibility index (Phi) is 1.92. The van der Waals surface area contributed by atoms with E-state index in [1.165, 1.54) is 12.8 Å². The van der Waals surface area contributed by atoms with E-state index in [-0.39, 0.29) is 5.60 Å². The van der Waals surface area contributed by atoms with E-state index in [0.29, 0.717) is 12.2 Å². The van der Waals surface area contributed by atoms with Crippen LogP contribution in [-0.4, -0.2) is 24.4 Å². The second-order valence-corrected chi connectivity index (χ2v) is 4.68. The van der Waals surface area contributed by atoms with Crippen LogP contribution in [0, 0.1) is 5.92 Å². The van der Waals surface area contributed by atoms with Crippen LogP contribution >= 0.6 is 0 Å². The second-order valence-electron chi connectivity index (χ2n) is 4.68. The summed E-state index contributed by atoms with van der Waals surface area (Å²) in [6.45, 7) is 7.49. The summed E-state index contributed by atoms with van der Waals surface area (Å²) >= 11 is 0. The largest absolute Gasteiger partial charge is 0.375 e. The molecule has 0 amide bonds. The topological polar surface area (TPSA) is 21.8 Å². The molecule has 0 aromatic rings. The summed E-state index contributed by atoms with van der Waals surface area (Å²) in [6, 6.07) is 0. The minimum atomic E-state index is 0.0850. The number of hydrogen-bond donors (Lipinski definition) is 0. The van der Waals surface area contributed by atoms with Gasteiger partial charge >= 0.3 is 0 Å². The SMILES string of the molecule is C[C@H]1CCOC(C2OC2(C)C)C1. The Morgan fingerprint density at radius 2 is 2.00 bits per heavy atom. The Bertz CT molecular complexity index is 177. The van der Waals surface area contributed by atoms with Crippen molar-refractivity contribution in [3.05, 3.63) is 0 Å². The Balaban J connectivity index is 1.89. The summed E-state index contributed by atoms with van der Waals surface area (Å²) < 4.78 is 11.3. The molecule has 2 aliphatic heterocycles. The minimum Gasteiger partial charge on any atom is -0.375 e. The van der Waals surface area contributed by atoms with Crippen LogP contribution < -0.4 is 0 Å². The summed E-state index contributed by atoms with van der Waals surface area (Å²) in [5.74, 6) is 0.809. The van der Waals surface area contributed by atoms with Gasteiger partial charge in [-0.3, -0.25) is 0 Å². The van der Waals surface area contributed by atoms with Crippen LogP contribution in [0.5, 0.6) is 0 Å². The van der Waals surface area contributed by atoms with Gasteiger partial charge in [-0.1, -0.05) is 6.92 Å². The Morgan fingerprint density at radius 3 is 2.50 bits per heavy atom. The van der Waals surface area contributed by atoms with Crippen molar-refractivity contribution in [1.82, 2.24) is 0 Å². The summed E-state index contributed by atoms with van der Waals surface area (Å²) in [4.78, 5) is 0. The summed E-state index contributed by atoms with van der Waals surface area (Å²) in [5, 5.41) is 0. The third kappa shape index (κ3) is 1.50.